The molecule has 1 aliphatic carbocycles. The van der Waals surface area contributed by atoms with E-state index in [1.165, 1.54) is 11.1 Å². The molecule has 256 valence electrons. The van der Waals surface area contributed by atoms with Crippen molar-refractivity contribution < 1.29 is 61.2 Å². The van der Waals surface area contributed by atoms with E-state index in [0.29, 0.717) is 22.3 Å². The van der Waals surface area contributed by atoms with E-state index in [4.69, 9.17) is 24.2 Å². The van der Waals surface area contributed by atoms with E-state index in [0.717, 1.165) is 6.08 Å². The number of aliphatic hydroxyl groups is 1. The number of esters is 2. The Morgan fingerprint density at radius 2 is 1.83 bits per heavy atom. The average Bonchev–Trinajstić information content (AvgIpc) is 3.69. The predicted molar refractivity (Wildman–Crippen MR) is 156 cm³/mol. The molecule has 2 aromatic rings. The van der Waals surface area contributed by atoms with Gasteiger partial charge in [0.15, 0.2) is 12.6 Å². The fourth-order valence-corrected chi connectivity index (χ4v) is 6.61. The van der Waals surface area contributed by atoms with Crippen LogP contribution in [0, 0.1) is 5.41 Å². The number of carbonyl (C=O) groups excluding carboxylic acids is 4. The fourth-order valence-electron chi connectivity index (χ4n) is 6.61. The number of nitrogens with zero attached hydrogens (tertiary/aromatic N) is 1. The summed E-state index contributed by atoms with van der Waals surface area (Å²) in [6, 6.07) is 12.1. The van der Waals surface area contributed by atoms with Crippen LogP contribution >= 0.6 is 0 Å². The predicted octanol–water partition coefficient (Wildman–Crippen LogP) is 1.39. The molecule has 2 bridgehead atoms. The highest BCUT2D eigenvalue weighted by molar-refractivity contribution is 5.95. The molecule has 13 nitrogen and oxygen atoms in total. The molecule has 6 rings (SSSR count). The number of benzene rings is 2. The Kier molecular flexibility index (Phi) is 9.53. The van der Waals surface area contributed by atoms with Crippen LogP contribution in [0.4, 0.5) is 13.2 Å². The van der Waals surface area contributed by atoms with Crippen LogP contribution in [-0.2, 0) is 51.3 Å². The van der Waals surface area contributed by atoms with Crippen LogP contribution in [0.15, 0.2) is 54.6 Å². The van der Waals surface area contributed by atoms with Gasteiger partial charge in [-0.3, -0.25) is 19.2 Å². The van der Waals surface area contributed by atoms with Gasteiger partial charge in [-0.2, -0.15) is 18.2 Å². The third kappa shape index (κ3) is 6.79. The van der Waals surface area contributed by atoms with Crippen molar-refractivity contribution in [1.82, 2.24) is 15.7 Å². The first-order valence-electron chi connectivity index (χ1n) is 15.1. The van der Waals surface area contributed by atoms with Gasteiger partial charge < -0.3 is 34.7 Å². The molecule has 4 fully saturated rings. The van der Waals surface area contributed by atoms with Crippen molar-refractivity contribution in [3.8, 4) is 0 Å². The third-order valence-corrected chi connectivity index (χ3v) is 8.61. The van der Waals surface area contributed by atoms with Gasteiger partial charge >= 0.3 is 18.1 Å². The largest absolute Gasteiger partial charge is 0.458 e. The van der Waals surface area contributed by atoms with E-state index in [2.05, 4.69) is 15.4 Å². The van der Waals surface area contributed by atoms with E-state index in [-0.39, 0.29) is 45.4 Å². The van der Waals surface area contributed by atoms with Crippen molar-refractivity contribution in [3.05, 3.63) is 76.9 Å². The SMILES string of the molecule is O=C(C=Cc1cccc(CN2OC3C4OCOC4C4CC3(C(=O)NCc3cccc(C(=O)NCCO)c3)C2C(=O)O4)c1)OCC(F)(F)F. The Morgan fingerprint density at radius 3 is 2.62 bits per heavy atom. The first-order chi connectivity index (χ1) is 23.0. The van der Waals surface area contributed by atoms with Crippen LogP contribution < -0.4 is 10.6 Å². The molecule has 48 heavy (non-hydrogen) atoms. The lowest BCUT2D eigenvalue weighted by atomic mass is 9.62. The van der Waals surface area contributed by atoms with Crippen LogP contribution in [0.3, 0.4) is 0 Å². The highest BCUT2D eigenvalue weighted by atomic mass is 19.4. The lowest BCUT2D eigenvalue weighted by molar-refractivity contribution is -0.201. The Hall–Kier alpha value is -4.35. The molecule has 6 unspecified atom stereocenters. The second kappa shape index (κ2) is 13.6. The van der Waals surface area contributed by atoms with Crippen molar-refractivity contribution in [2.24, 2.45) is 5.41 Å². The van der Waals surface area contributed by atoms with E-state index in [1.54, 1.807) is 48.5 Å². The molecule has 16 heteroatoms. The maximum atomic E-state index is 14.2. The highest BCUT2D eigenvalue weighted by Gasteiger charge is 2.74. The zero-order chi connectivity index (χ0) is 34.1. The van der Waals surface area contributed by atoms with Gasteiger partial charge in [-0.05, 0) is 34.9 Å². The molecule has 4 aliphatic rings. The number of rotatable bonds is 11. The maximum absolute atomic E-state index is 14.2. The quantitative estimate of drug-likeness (QED) is 0.233. The Balaban J connectivity index is 1.21. The summed E-state index contributed by atoms with van der Waals surface area (Å²) in [5.41, 5.74) is 0.604. The molecular weight excluding hydrogens is 643 g/mol. The summed E-state index contributed by atoms with van der Waals surface area (Å²) in [5.74, 6) is -2.70. The zero-order valence-electron chi connectivity index (χ0n) is 25.3. The van der Waals surface area contributed by atoms with Crippen LogP contribution in [-0.4, -0.2) is 97.1 Å². The molecule has 2 aromatic carbocycles. The smallest absolute Gasteiger partial charge is 0.422 e. The van der Waals surface area contributed by atoms with Crippen LogP contribution in [0.1, 0.15) is 33.5 Å². The first kappa shape index (κ1) is 33.5. The third-order valence-electron chi connectivity index (χ3n) is 8.61. The molecule has 0 aromatic heterocycles. The number of hydrogen-bond donors (Lipinski definition) is 3. The summed E-state index contributed by atoms with van der Waals surface area (Å²) >= 11 is 0. The van der Waals surface area contributed by atoms with Crippen LogP contribution in [0.25, 0.3) is 6.08 Å². The molecule has 0 radical (unpaired) electrons. The van der Waals surface area contributed by atoms with Gasteiger partial charge in [0.1, 0.15) is 36.6 Å². The molecule has 3 N–H and O–H groups in total. The van der Waals surface area contributed by atoms with Crippen molar-refractivity contribution in [3.63, 3.8) is 0 Å². The topological polar surface area (TPSA) is 162 Å². The summed E-state index contributed by atoms with van der Waals surface area (Å²) in [6.07, 6.45) is -5.40. The fraction of sp³-hybridized carbons (Fsp3) is 0.438. The second-order valence-corrected chi connectivity index (χ2v) is 11.8. The summed E-state index contributed by atoms with van der Waals surface area (Å²) in [7, 11) is 0. The summed E-state index contributed by atoms with van der Waals surface area (Å²) < 4.78 is 58.6. The zero-order valence-corrected chi connectivity index (χ0v) is 25.3. The number of halogens is 3. The summed E-state index contributed by atoms with van der Waals surface area (Å²) in [6.45, 7) is -1.86. The molecular formula is C32H32F3N3O10. The molecule has 3 heterocycles. The van der Waals surface area contributed by atoms with E-state index < -0.39 is 66.5 Å². The van der Waals surface area contributed by atoms with Crippen molar-refractivity contribution in [1.29, 1.82) is 0 Å². The number of hydrogen-bond acceptors (Lipinski definition) is 11. The Bertz CT molecular complexity index is 1600. The monoisotopic (exact) mass is 675 g/mol. The average molecular weight is 676 g/mol. The minimum Gasteiger partial charge on any atom is -0.458 e. The van der Waals surface area contributed by atoms with Crippen molar-refractivity contribution in [2.45, 2.75) is 56.1 Å². The number of fused-ring (bicyclic) bond motifs is 4. The number of carbonyl (C=O) groups is 4. The van der Waals surface area contributed by atoms with Gasteiger partial charge in [0.25, 0.3) is 5.91 Å². The maximum Gasteiger partial charge on any atom is 0.422 e. The first-order valence-corrected chi connectivity index (χ1v) is 15.1. The lowest BCUT2D eigenvalue weighted by Gasteiger charge is -2.48. The van der Waals surface area contributed by atoms with Crippen molar-refractivity contribution >= 4 is 29.8 Å². The van der Waals surface area contributed by atoms with E-state index in [9.17, 15) is 32.3 Å². The van der Waals surface area contributed by atoms with Crippen molar-refractivity contribution in [2.75, 3.05) is 26.6 Å². The number of alkyl halides is 3. The molecule has 6 atom stereocenters. The van der Waals surface area contributed by atoms with Gasteiger partial charge in [0.2, 0.25) is 5.91 Å². The molecule has 1 saturated carbocycles. The van der Waals surface area contributed by atoms with Gasteiger partial charge in [0.05, 0.1) is 13.2 Å². The second-order valence-electron chi connectivity index (χ2n) is 11.8. The highest BCUT2D eigenvalue weighted by Crippen LogP contribution is 2.55. The van der Waals surface area contributed by atoms with Crippen LogP contribution in [0.5, 0.6) is 0 Å². The standard InChI is InChI=1S/C32H32F3N3O10/c33-32(34,35)16-44-23(40)8-7-18-3-1-5-20(11-18)15-38-26-29(42)47-22-13-31(26,27(48-38)25-24(22)45-17-46-25)30(43)37-14-19-4-2-6-21(12-19)28(41)36-9-10-39/h1-8,11-12,22,24-27,39H,9-10,13-17H2,(H,36,41)(H,37,43). The minimum atomic E-state index is -4.65. The molecule has 2 amide bonds. The number of nitrogens with one attached hydrogen (secondary N) is 2. The molecule has 0 spiro atoms. The Morgan fingerprint density at radius 1 is 1.06 bits per heavy atom. The summed E-state index contributed by atoms with van der Waals surface area (Å²) in [5, 5.41) is 15.9. The van der Waals surface area contributed by atoms with Gasteiger partial charge in [-0.25, -0.2) is 4.79 Å². The van der Waals surface area contributed by atoms with Gasteiger partial charge in [-0.1, -0.05) is 36.4 Å². The number of ether oxygens (including phenoxy) is 4. The van der Waals surface area contributed by atoms with Gasteiger partial charge in [-0.15, -0.1) is 0 Å². The van der Waals surface area contributed by atoms with Crippen LogP contribution in [0.2, 0.25) is 0 Å². The molecule has 3 saturated heterocycles. The number of aliphatic hydroxyl groups excluding tert-OH is 1. The van der Waals surface area contributed by atoms with E-state index >= 15 is 0 Å². The summed E-state index contributed by atoms with van der Waals surface area (Å²) in [4.78, 5) is 58.3. The normalized spacial score (nSPS) is 27.8. The molecule has 3 aliphatic heterocycles. The lowest BCUT2D eigenvalue weighted by Crippen LogP contribution is -2.69. The minimum absolute atomic E-state index is 0.000591. The van der Waals surface area contributed by atoms with Gasteiger partial charge in [0, 0.05) is 31.1 Å². The Labute approximate surface area is 271 Å². The number of hydroxylamine groups is 2. The van der Waals surface area contributed by atoms with E-state index in [1.807, 2.05) is 0 Å². The number of amides is 2.